The topological polar surface area (TPSA) is 55.1 Å². The molecule has 1 aromatic heterocycles. The van der Waals surface area contributed by atoms with Crippen LogP contribution in [0.4, 0.5) is 0 Å². The van der Waals surface area contributed by atoms with Crippen molar-refractivity contribution < 1.29 is 4.79 Å². The summed E-state index contributed by atoms with van der Waals surface area (Å²) in [7, 11) is 0. The Hall–Kier alpha value is -0.870. The number of nitrogens with one attached hydrogen (secondary N) is 1. The maximum atomic E-state index is 11.1. The Balaban J connectivity index is 2.42. The minimum Gasteiger partial charge on any atom is -0.351 e. The quantitative estimate of drug-likeness (QED) is 0.791. The van der Waals surface area contributed by atoms with E-state index in [4.69, 9.17) is 5.73 Å². The molecule has 3 N–H and O–H groups in total. The molecule has 0 atom stereocenters. The van der Waals surface area contributed by atoms with Crippen LogP contribution in [-0.2, 0) is 11.3 Å². The van der Waals surface area contributed by atoms with Gasteiger partial charge >= 0.3 is 0 Å². The van der Waals surface area contributed by atoms with Gasteiger partial charge in [-0.3, -0.25) is 4.79 Å². The Morgan fingerprint density at radius 2 is 2.29 bits per heavy atom. The van der Waals surface area contributed by atoms with Crippen molar-refractivity contribution in [1.82, 2.24) is 5.32 Å². The highest BCUT2D eigenvalue weighted by molar-refractivity contribution is 7.12. The molecular weight excluding hydrogens is 196 g/mol. The number of hydrogen-bond donors (Lipinski definition) is 2. The molecule has 0 aliphatic rings. The molecule has 0 fully saturated rings. The zero-order chi connectivity index (χ0) is 10.6. The summed E-state index contributed by atoms with van der Waals surface area (Å²) >= 11 is 1.73. The minimum absolute atomic E-state index is 0.0243. The van der Waals surface area contributed by atoms with Crippen molar-refractivity contribution in [3.05, 3.63) is 21.4 Å². The van der Waals surface area contributed by atoms with Crippen LogP contribution in [0.2, 0.25) is 0 Å². The van der Waals surface area contributed by atoms with Gasteiger partial charge < -0.3 is 11.1 Å². The Bertz CT molecular complexity index is 300. The summed E-state index contributed by atoms with van der Waals surface area (Å²) in [6, 6.07) is 2.11. The van der Waals surface area contributed by atoms with Crippen LogP contribution in [0.15, 0.2) is 6.07 Å². The Labute approximate surface area is 88.3 Å². The molecule has 0 saturated heterocycles. The summed E-state index contributed by atoms with van der Waals surface area (Å²) in [6.45, 7) is 5.20. The van der Waals surface area contributed by atoms with Crippen LogP contribution in [0, 0.1) is 13.8 Å². The van der Waals surface area contributed by atoms with Crippen molar-refractivity contribution in [1.29, 1.82) is 0 Å². The number of carbonyl (C=O) groups excluding carboxylic acids is 1. The highest BCUT2D eigenvalue weighted by Crippen LogP contribution is 2.20. The second-order valence-corrected chi connectivity index (χ2v) is 4.61. The summed E-state index contributed by atoms with van der Waals surface area (Å²) in [6.07, 6.45) is 0.406. The molecule has 1 aromatic rings. The molecule has 0 aliphatic heterocycles. The average molecular weight is 212 g/mol. The van der Waals surface area contributed by atoms with Crippen LogP contribution in [-0.4, -0.2) is 12.5 Å². The van der Waals surface area contributed by atoms with Gasteiger partial charge in [0, 0.05) is 22.7 Å². The third kappa shape index (κ3) is 3.12. The first-order chi connectivity index (χ1) is 6.63. The molecule has 0 saturated carbocycles. The van der Waals surface area contributed by atoms with Crippen molar-refractivity contribution in [3.63, 3.8) is 0 Å². The van der Waals surface area contributed by atoms with Crippen LogP contribution in [0.5, 0.6) is 0 Å². The maximum absolute atomic E-state index is 11.1. The largest absolute Gasteiger partial charge is 0.351 e. The number of carbonyl (C=O) groups is 1. The predicted molar refractivity (Wildman–Crippen MR) is 59.3 cm³/mol. The molecule has 0 bridgehead atoms. The fraction of sp³-hybridized carbons (Fsp3) is 0.500. The summed E-state index contributed by atoms with van der Waals surface area (Å²) in [5, 5.41) is 2.83. The third-order valence-electron chi connectivity index (χ3n) is 2.05. The highest BCUT2D eigenvalue weighted by Gasteiger charge is 2.03. The predicted octanol–water partition coefficient (Wildman–Crippen LogP) is 1.33. The van der Waals surface area contributed by atoms with Crippen LogP contribution in [0.25, 0.3) is 0 Å². The fourth-order valence-electron chi connectivity index (χ4n) is 1.14. The maximum Gasteiger partial charge on any atom is 0.221 e. The highest BCUT2D eigenvalue weighted by atomic mass is 32.1. The Morgan fingerprint density at radius 3 is 2.79 bits per heavy atom. The lowest BCUT2D eigenvalue weighted by molar-refractivity contribution is -0.121. The molecule has 3 nitrogen and oxygen atoms in total. The molecule has 14 heavy (non-hydrogen) atoms. The monoisotopic (exact) mass is 212 g/mol. The molecule has 0 radical (unpaired) electrons. The third-order valence-corrected chi connectivity index (χ3v) is 3.20. The summed E-state index contributed by atoms with van der Waals surface area (Å²) < 4.78 is 0. The van der Waals surface area contributed by atoms with E-state index in [0.717, 1.165) is 0 Å². The first kappa shape index (κ1) is 11.2. The lowest BCUT2D eigenvalue weighted by Crippen LogP contribution is -2.24. The van der Waals surface area contributed by atoms with E-state index < -0.39 is 0 Å². The van der Waals surface area contributed by atoms with E-state index in [1.165, 1.54) is 15.3 Å². The number of hydrogen-bond acceptors (Lipinski definition) is 3. The van der Waals surface area contributed by atoms with Gasteiger partial charge in [-0.25, -0.2) is 0 Å². The Kier molecular flexibility index (Phi) is 4.10. The number of amides is 1. The molecule has 0 aliphatic carbocycles. The first-order valence-electron chi connectivity index (χ1n) is 4.66. The molecule has 0 aromatic carbocycles. The van der Waals surface area contributed by atoms with E-state index in [0.29, 0.717) is 19.5 Å². The van der Waals surface area contributed by atoms with Crippen LogP contribution in [0.3, 0.4) is 0 Å². The second-order valence-electron chi connectivity index (χ2n) is 3.27. The molecule has 1 heterocycles. The van der Waals surface area contributed by atoms with E-state index in [9.17, 15) is 4.79 Å². The van der Waals surface area contributed by atoms with Crippen molar-refractivity contribution in [3.8, 4) is 0 Å². The van der Waals surface area contributed by atoms with E-state index in [-0.39, 0.29) is 5.91 Å². The van der Waals surface area contributed by atoms with Gasteiger partial charge in [-0.1, -0.05) is 0 Å². The van der Waals surface area contributed by atoms with Gasteiger partial charge in [0.05, 0.1) is 6.54 Å². The first-order valence-corrected chi connectivity index (χ1v) is 5.48. The van der Waals surface area contributed by atoms with Crippen LogP contribution in [0.1, 0.15) is 21.7 Å². The van der Waals surface area contributed by atoms with Gasteiger partial charge in [-0.2, -0.15) is 0 Å². The van der Waals surface area contributed by atoms with Crippen LogP contribution < -0.4 is 11.1 Å². The molecule has 1 amide bonds. The minimum atomic E-state index is 0.0243. The number of aryl methyl sites for hydroxylation is 2. The average Bonchev–Trinajstić information content (AvgIpc) is 2.44. The van der Waals surface area contributed by atoms with Crippen molar-refractivity contribution >= 4 is 17.2 Å². The lowest BCUT2D eigenvalue weighted by atomic mass is 10.3. The van der Waals surface area contributed by atoms with E-state index in [1.807, 2.05) is 0 Å². The lowest BCUT2D eigenvalue weighted by Gasteiger charge is -2.00. The van der Waals surface area contributed by atoms with Gasteiger partial charge in [0.25, 0.3) is 0 Å². The summed E-state index contributed by atoms with van der Waals surface area (Å²) in [5.74, 6) is 0.0243. The molecule has 0 unspecified atom stereocenters. The Morgan fingerprint density at radius 1 is 1.57 bits per heavy atom. The van der Waals surface area contributed by atoms with Gasteiger partial charge in [0.15, 0.2) is 0 Å². The van der Waals surface area contributed by atoms with E-state index in [2.05, 4.69) is 25.2 Å². The van der Waals surface area contributed by atoms with Gasteiger partial charge in [0.1, 0.15) is 0 Å². The molecule has 78 valence electrons. The molecule has 0 spiro atoms. The number of rotatable bonds is 4. The second kappa shape index (κ2) is 5.12. The smallest absolute Gasteiger partial charge is 0.221 e. The SMILES string of the molecule is Cc1cc(CNC(=O)CCN)sc1C. The van der Waals surface area contributed by atoms with Crippen molar-refractivity contribution in [2.75, 3.05) is 6.54 Å². The van der Waals surface area contributed by atoms with E-state index >= 15 is 0 Å². The summed E-state index contributed by atoms with van der Waals surface area (Å²) in [4.78, 5) is 13.6. The van der Waals surface area contributed by atoms with Gasteiger partial charge in [0.2, 0.25) is 5.91 Å². The van der Waals surface area contributed by atoms with E-state index in [1.54, 1.807) is 11.3 Å². The van der Waals surface area contributed by atoms with Gasteiger partial charge in [-0.05, 0) is 25.5 Å². The van der Waals surface area contributed by atoms with Gasteiger partial charge in [-0.15, -0.1) is 11.3 Å². The summed E-state index contributed by atoms with van der Waals surface area (Å²) in [5.41, 5.74) is 6.56. The number of thiophene rings is 1. The zero-order valence-corrected chi connectivity index (χ0v) is 9.41. The zero-order valence-electron chi connectivity index (χ0n) is 8.59. The van der Waals surface area contributed by atoms with Crippen molar-refractivity contribution in [2.45, 2.75) is 26.8 Å². The number of nitrogens with two attached hydrogens (primary N) is 1. The van der Waals surface area contributed by atoms with Crippen molar-refractivity contribution in [2.24, 2.45) is 5.73 Å². The van der Waals surface area contributed by atoms with Crippen LogP contribution >= 0.6 is 11.3 Å². The standard InChI is InChI=1S/C10H16N2OS/c1-7-5-9(14-8(7)2)6-12-10(13)3-4-11/h5H,3-4,6,11H2,1-2H3,(H,12,13). The molecule has 4 heteroatoms. The fourth-order valence-corrected chi connectivity index (χ4v) is 2.14. The molecular formula is C10H16N2OS. The molecule has 1 rings (SSSR count). The normalized spacial score (nSPS) is 10.2.